The van der Waals surface area contributed by atoms with E-state index in [1.165, 1.54) is 68.2 Å². The van der Waals surface area contributed by atoms with Crippen molar-refractivity contribution >= 4 is 6.08 Å². The summed E-state index contributed by atoms with van der Waals surface area (Å²) in [5.41, 5.74) is 4.33. The maximum atomic E-state index is 11.5. The van der Waals surface area contributed by atoms with Gasteiger partial charge in [0.1, 0.15) is 0 Å². The third kappa shape index (κ3) is 2.82. The molecule has 0 unspecified atom stereocenters. The second kappa shape index (κ2) is 6.97. The highest BCUT2D eigenvalue weighted by Gasteiger charge is 2.60. The summed E-state index contributed by atoms with van der Waals surface area (Å²) < 4.78 is 2.06. The van der Waals surface area contributed by atoms with Gasteiger partial charge < -0.3 is 5.11 Å². The molecule has 4 saturated carbocycles. The molecule has 0 bridgehead atoms. The van der Waals surface area contributed by atoms with E-state index in [2.05, 4.69) is 43.6 Å². The number of fused-ring (bicyclic) bond motifs is 5. The van der Waals surface area contributed by atoms with Crippen molar-refractivity contribution in [1.29, 1.82) is 0 Å². The smallest absolute Gasteiger partial charge is 0.0809 e. The Morgan fingerprint density at radius 3 is 2.69 bits per heavy atom. The summed E-state index contributed by atoms with van der Waals surface area (Å²) in [7, 11) is 0. The quantitative estimate of drug-likeness (QED) is 0.666. The monoisotopic (exact) mass is 396 g/mol. The fourth-order valence-corrected chi connectivity index (χ4v) is 8.42. The van der Waals surface area contributed by atoms with Gasteiger partial charge in [0.25, 0.3) is 0 Å². The van der Waals surface area contributed by atoms with E-state index < -0.39 is 0 Å². The number of hydrogen-bond donors (Lipinski definition) is 1. The van der Waals surface area contributed by atoms with Crippen LogP contribution in [0.2, 0.25) is 0 Å². The fourth-order valence-electron chi connectivity index (χ4n) is 8.42. The molecule has 0 amide bonds. The first-order valence-corrected chi connectivity index (χ1v) is 12.3. The number of aryl methyl sites for hydroxylation is 1. The molecule has 5 rings (SSSR count). The largest absolute Gasteiger partial charge is 0.388 e. The number of aliphatic hydroxyl groups excluding tert-OH is 1. The van der Waals surface area contributed by atoms with Crippen LogP contribution in [0.5, 0.6) is 0 Å². The maximum absolute atomic E-state index is 11.5. The molecular weight excluding hydrogens is 356 g/mol. The first-order chi connectivity index (χ1) is 13.9. The molecule has 1 N–H and O–H groups in total. The molecule has 0 saturated heterocycles. The predicted molar refractivity (Wildman–Crippen MR) is 118 cm³/mol. The molecule has 1 aromatic rings. The Bertz CT molecular complexity index is 810. The molecule has 4 aliphatic carbocycles. The molecule has 29 heavy (non-hydrogen) atoms. The van der Waals surface area contributed by atoms with Crippen molar-refractivity contribution in [3.63, 3.8) is 0 Å². The van der Waals surface area contributed by atoms with Crippen LogP contribution in [0.4, 0.5) is 0 Å². The van der Waals surface area contributed by atoms with Crippen LogP contribution >= 0.6 is 0 Å². The van der Waals surface area contributed by atoms with Crippen LogP contribution < -0.4 is 0 Å². The maximum Gasteiger partial charge on any atom is 0.0809 e. The van der Waals surface area contributed by atoms with Crippen LogP contribution in [0.15, 0.2) is 11.8 Å². The van der Waals surface area contributed by atoms with E-state index >= 15 is 0 Å². The summed E-state index contributed by atoms with van der Waals surface area (Å²) in [6.45, 7) is 10.2. The van der Waals surface area contributed by atoms with Crippen molar-refractivity contribution in [1.82, 2.24) is 9.78 Å². The third-order valence-corrected chi connectivity index (χ3v) is 10.2. The molecule has 7 atom stereocenters. The zero-order valence-corrected chi connectivity index (χ0v) is 19.0. The molecule has 3 heteroatoms. The van der Waals surface area contributed by atoms with Gasteiger partial charge in [-0.25, -0.2) is 0 Å². The lowest BCUT2D eigenvalue weighted by atomic mass is 9.45. The van der Waals surface area contributed by atoms with Gasteiger partial charge in [-0.05, 0) is 99.5 Å². The Labute approximate surface area is 177 Å². The van der Waals surface area contributed by atoms with E-state index in [4.69, 9.17) is 0 Å². The minimum atomic E-state index is -0.283. The minimum absolute atomic E-state index is 0.0690. The molecule has 0 aromatic carbocycles. The molecule has 160 valence electrons. The van der Waals surface area contributed by atoms with Crippen LogP contribution in [-0.4, -0.2) is 21.0 Å². The van der Waals surface area contributed by atoms with Gasteiger partial charge in [-0.2, -0.15) is 5.10 Å². The van der Waals surface area contributed by atoms with E-state index in [-0.39, 0.29) is 11.5 Å². The molecule has 4 fully saturated rings. The highest BCUT2D eigenvalue weighted by Crippen LogP contribution is 2.67. The molecule has 4 aliphatic rings. The van der Waals surface area contributed by atoms with Crippen molar-refractivity contribution in [2.24, 2.45) is 34.5 Å². The minimum Gasteiger partial charge on any atom is -0.388 e. The van der Waals surface area contributed by atoms with E-state index in [1.54, 1.807) is 0 Å². The zero-order chi connectivity index (χ0) is 20.4. The number of hydrogen-bond acceptors (Lipinski definition) is 2. The third-order valence-electron chi connectivity index (χ3n) is 10.2. The number of aliphatic hydroxyl groups is 1. The van der Waals surface area contributed by atoms with Crippen LogP contribution in [0.25, 0.3) is 6.08 Å². The number of rotatable bonds is 2. The highest BCUT2D eigenvalue weighted by molar-refractivity contribution is 5.57. The van der Waals surface area contributed by atoms with Crippen molar-refractivity contribution in [2.45, 2.75) is 98.1 Å². The standard InChI is InChI=1S/C26H40N2O/c1-5-28-17(2)19(16-27-28)14-18-15-23-21-10-9-20-8-6-7-12-25(20,3)22(21)11-13-26(23,4)24(18)29/h14,16,20-24,29H,5-13,15H2,1-4H3/b18-14-/t20-,21+,22-,23-,24-,25+,26+/m1/s1. The Kier molecular flexibility index (Phi) is 4.77. The molecule has 0 spiro atoms. The van der Waals surface area contributed by atoms with E-state index in [0.717, 1.165) is 30.7 Å². The first kappa shape index (κ1) is 19.8. The van der Waals surface area contributed by atoms with E-state index in [9.17, 15) is 5.11 Å². The van der Waals surface area contributed by atoms with Gasteiger partial charge in [0, 0.05) is 23.2 Å². The normalized spacial score (nSPS) is 45.7. The lowest BCUT2D eigenvalue weighted by Crippen LogP contribution is -2.53. The highest BCUT2D eigenvalue weighted by atomic mass is 16.3. The van der Waals surface area contributed by atoms with Gasteiger partial charge in [-0.1, -0.05) is 26.7 Å². The summed E-state index contributed by atoms with van der Waals surface area (Å²) in [6.07, 6.45) is 16.3. The Morgan fingerprint density at radius 2 is 1.93 bits per heavy atom. The van der Waals surface area contributed by atoms with Gasteiger partial charge in [-0.3, -0.25) is 4.68 Å². The summed E-state index contributed by atoms with van der Waals surface area (Å²) in [5, 5.41) is 16.0. The van der Waals surface area contributed by atoms with Crippen LogP contribution in [0, 0.1) is 41.4 Å². The summed E-state index contributed by atoms with van der Waals surface area (Å²) in [6, 6.07) is 0. The van der Waals surface area contributed by atoms with Crippen LogP contribution in [-0.2, 0) is 6.54 Å². The van der Waals surface area contributed by atoms with Gasteiger partial charge in [0.05, 0.1) is 12.3 Å². The summed E-state index contributed by atoms with van der Waals surface area (Å²) >= 11 is 0. The van der Waals surface area contributed by atoms with Crippen molar-refractivity contribution in [3.05, 3.63) is 23.0 Å². The van der Waals surface area contributed by atoms with Crippen molar-refractivity contribution < 1.29 is 5.11 Å². The molecule has 0 aliphatic heterocycles. The summed E-state index contributed by atoms with van der Waals surface area (Å²) in [4.78, 5) is 0. The van der Waals surface area contributed by atoms with Gasteiger partial charge >= 0.3 is 0 Å². The average Bonchev–Trinajstić information content (AvgIpc) is 3.19. The van der Waals surface area contributed by atoms with Crippen LogP contribution in [0.1, 0.15) is 89.8 Å². The lowest BCUT2D eigenvalue weighted by Gasteiger charge is -2.60. The van der Waals surface area contributed by atoms with Crippen molar-refractivity contribution in [3.8, 4) is 0 Å². The van der Waals surface area contributed by atoms with Gasteiger partial charge in [0.15, 0.2) is 0 Å². The number of nitrogens with zero attached hydrogens (tertiary/aromatic N) is 2. The van der Waals surface area contributed by atoms with Crippen molar-refractivity contribution in [2.75, 3.05) is 0 Å². The van der Waals surface area contributed by atoms with Gasteiger partial charge in [0.2, 0.25) is 0 Å². The predicted octanol–water partition coefficient (Wildman–Crippen LogP) is 6.00. The average molecular weight is 397 g/mol. The Hall–Kier alpha value is -1.09. The SMILES string of the molecule is CCn1ncc(/C=C2/C[C@@H]3[C@H]4CC[C@H]5CCCC[C@]5(C)[C@@H]4CC[C@]3(C)[C@@H]2O)c1C. The van der Waals surface area contributed by atoms with Gasteiger partial charge in [-0.15, -0.1) is 0 Å². The Balaban J connectivity index is 1.45. The zero-order valence-electron chi connectivity index (χ0n) is 19.0. The van der Waals surface area contributed by atoms with Crippen LogP contribution in [0.3, 0.4) is 0 Å². The second-order valence-electron chi connectivity index (χ2n) is 11.3. The molecular formula is C26H40N2O. The topological polar surface area (TPSA) is 38.0 Å². The van der Waals surface area contributed by atoms with E-state index in [1.807, 2.05) is 6.20 Å². The first-order valence-electron chi connectivity index (χ1n) is 12.3. The Morgan fingerprint density at radius 1 is 1.10 bits per heavy atom. The molecule has 3 nitrogen and oxygen atoms in total. The summed E-state index contributed by atoms with van der Waals surface area (Å²) in [5.74, 6) is 3.32. The second-order valence-corrected chi connectivity index (χ2v) is 11.3. The number of aromatic nitrogens is 2. The van der Waals surface area contributed by atoms with E-state index in [0.29, 0.717) is 11.3 Å². The molecule has 1 aromatic heterocycles. The molecule has 0 radical (unpaired) electrons. The molecule has 1 heterocycles. The fraction of sp³-hybridized carbons (Fsp3) is 0.808. The lowest BCUT2D eigenvalue weighted by molar-refractivity contribution is -0.119.